The van der Waals surface area contributed by atoms with Crippen LogP contribution in [0.25, 0.3) is 5.70 Å². The van der Waals surface area contributed by atoms with Gasteiger partial charge in [-0.2, -0.15) is 0 Å². The van der Waals surface area contributed by atoms with Crippen LogP contribution in [0, 0.1) is 0 Å². The van der Waals surface area contributed by atoms with Gasteiger partial charge in [0.25, 0.3) is 0 Å². The molecule has 0 aliphatic carbocycles. The van der Waals surface area contributed by atoms with Gasteiger partial charge in [-0.15, -0.1) is 0 Å². The van der Waals surface area contributed by atoms with Gasteiger partial charge in [-0.1, -0.05) is 18.2 Å². The van der Waals surface area contributed by atoms with Crippen LogP contribution in [-0.2, 0) is 11.2 Å². The van der Waals surface area contributed by atoms with Gasteiger partial charge in [-0.05, 0) is 24.5 Å². The number of allylic oxidation sites excluding steroid dienone is 1. The minimum atomic E-state index is 0.0962. The smallest absolute Gasteiger partial charge is 0.228 e. The molecule has 2 N–H and O–H groups in total. The van der Waals surface area contributed by atoms with Crippen molar-refractivity contribution in [3.05, 3.63) is 35.4 Å². The van der Waals surface area contributed by atoms with E-state index in [1.165, 1.54) is 17.7 Å². The summed E-state index contributed by atoms with van der Waals surface area (Å²) in [5.41, 5.74) is 4.46. The Labute approximate surface area is 94.5 Å². The molecule has 16 heavy (non-hydrogen) atoms. The molecule has 0 aromatic heterocycles. The van der Waals surface area contributed by atoms with Gasteiger partial charge in [-0.25, -0.2) is 0 Å². The second kappa shape index (κ2) is 3.67. The van der Waals surface area contributed by atoms with E-state index in [4.69, 9.17) is 0 Å². The number of hydrogen-bond donors (Lipinski definition) is 2. The molecule has 2 aliphatic rings. The number of nitrogens with one attached hydrogen (secondary N) is 2. The fourth-order valence-electron chi connectivity index (χ4n) is 2.35. The van der Waals surface area contributed by atoms with Gasteiger partial charge in [0.2, 0.25) is 5.91 Å². The first-order valence-corrected chi connectivity index (χ1v) is 5.71. The Balaban J connectivity index is 2.05. The highest BCUT2D eigenvalue weighted by molar-refractivity contribution is 6.00. The molecule has 0 saturated carbocycles. The van der Waals surface area contributed by atoms with E-state index in [1.54, 1.807) is 0 Å². The number of fused-ring (bicyclic) bond motifs is 1. The summed E-state index contributed by atoms with van der Waals surface area (Å²) in [6.45, 7) is 1.02. The van der Waals surface area contributed by atoms with Crippen molar-refractivity contribution in [2.45, 2.75) is 19.3 Å². The second-order valence-corrected chi connectivity index (χ2v) is 4.24. The number of amides is 1. The third kappa shape index (κ3) is 1.48. The Morgan fingerprint density at radius 2 is 2.19 bits per heavy atom. The highest BCUT2D eigenvalue weighted by Gasteiger charge is 2.22. The van der Waals surface area contributed by atoms with E-state index >= 15 is 0 Å². The zero-order valence-corrected chi connectivity index (χ0v) is 9.05. The van der Waals surface area contributed by atoms with E-state index < -0.39 is 0 Å². The van der Waals surface area contributed by atoms with Crippen LogP contribution in [0.4, 0.5) is 5.69 Å². The fourth-order valence-corrected chi connectivity index (χ4v) is 2.35. The largest absolute Gasteiger partial charge is 0.385 e. The lowest BCUT2D eigenvalue weighted by Gasteiger charge is -2.17. The summed E-state index contributed by atoms with van der Waals surface area (Å²) < 4.78 is 0. The molecule has 1 amide bonds. The highest BCUT2D eigenvalue weighted by atomic mass is 16.1. The van der Waals surface area contributed by atoms with Crippen molar-refractivity contribution < 1.29 is 4.79 Å². The first kappa shape index (κ1) is 9.46. The van der Waals surface area contributed by atoms with Gasteiger partial charge in [0, 0.05) is 23.5 Å². The van der Waals surface area contributed by atoms with Crippen LogP contribution >= 0.6 is 0 Å². The SMILES string of the molecule is O=C1Cc2c(cccc2C2=CCCCN2)N1. The molecule has 2 aliphatic heterocycles. The molecule has 3 rings (SSSR count). The molecule has 0 radical (unpaired) electrons. The summed E-state index contributed by atoms with van der Waals surface area (Å²) in [6.07, 6.45) is 5.04. The summed E-state index contributed by atoms with van der Waals surface area (Å²) in [7, 11) is 0. The summed E-state index contributed by atoms with van der Waals surface area (Å²) in [6, 6.07) is 6.05. The van der Waals surface area contributed by atoms with Crippen LogP contribution in [0.3, 0.4) is 0 Å². The molecule has 82 valence electrons. The average molecular weight is 214 g/mol. The van der Waals surface area contributed by atoms with Crippen LogP contribution in [0.15, 0.2) is 24.3 Å². The summed E-state index contributed by atoms with van der Waals surface area (Å²) in [5, 5.41) is 6.28. The Bertz CT molecular complexity index is 477. The van der Waals surface area contributed by atoms with Gasteiger partial charge >= 0.3 is 0 Å². The quantitative estimate of drug-likeness (QED) is 0.749. The molecule has 0 saturated heterocycles. The lowest BCUT2D eigenvalue weighted by molar-refractivity contribution is -0.115. The van der Waals surface area contributed by atoms with Crippen molar-refractivity contribution in [1.82, 2.24) is 5.32 Å². The molecule has 0 spiro atoms. The van der Waals surface area contributed by atoms with Gasteiger partial charge in [-0.3, -0.25) is 4.79 Å². The van der Waals surface area contributed by atoms with Crippen molar-refractivity contribution in [1.29, 1.82) is 0 Å². The lowest BCUT2D eigenvalue weighted by atomic mass is 9.99. The second-order valence-electron chi connectivity index (χ2n) is 4.24. The molecule has 3 heteroatoms. The van der Waals surface area contributed by atoms with Crippen LogP contribution < -0.4 is 10.6 Å². The lowest BCUT2D eigenvalue weighted by Crippen LogP contribution is -2.18. The molecule has 0 bridgehead atoms. The zero-order valence-electron chi connectivity index (χ0n) is 9.05. The Morgan fingerprint density at radius 3 is 3.00 bits per heavy atom. The standard InChI is InChI=1S/C13H14N2O/c16-13-8-10-9(4-3-6-12(10)15-13)11-5-1-2-7-14-11/h3-6,14H,1-2,7-8H2,(H,15,16). The van der Waals surface area contributed by atoms with E-state index in [2.05, 4.69) is 22.8 Å². The molecule has 1 aromatic rings. The predicted octanol–water partition coefficient (Wildman–Crippen LogP) is 1.91. The number of benzene rings is 1. The fraction of sp³-hybridized carbons (Fsp3) is 0.308. The molecule has 3 nitrogen and oxygen atoms in total. The van der Waals surface area contributed by atoms with E-state index in [0.717, 1.165) is 24.2 Å². The number of hydrogen-bond acceptors (Lipinski definition) is 2. The van der Waals surface area contributed by atoms with E-state index in [0.29, 0.717) is 6.42 Å². The molecular formula is C13H14N2O. The summed E-state index contributed by atoms with van der Waals surface area (Å²) in [4.78, 5) is 11.4. The highest BCUT2D eigenvalue weighted by Crippen LogP contribution is 2.30. The maximum atomic E-state index is 11.4. The molecule has 0 fully saturated rings. The van der Waals surface area contributed by atoms with Crippen molar-refractivity contribution in [3.63, 3.8) is 0 Å². The van der Waals surface area contributed by atoms with Crippen molar-refractivity contribution in [3.8, 4) is 0 Å². The van der Waals surface area contributed by atoms with Crippen LogP contribution in [-0.4, -0.2) is 12.5 Å². The maximum Gasteiger partial charge on any atom is 0.228 e. The summed E-state index contributed by atoms with van der Waals surface area (Å²) in [5.74, 6) is 0.0962. The van der Waals surface area contributed by atoms with Gasteiger partial charge in [0.1, 0.15) is 0 Å². The first-order valence-electron chi connectivity index (χ1n) is 5.71. The zero-order chi connectivity index (χ0) is 11.0. The molecular weight excluding hydrogens is 200 g/mol. The first-order chi connectivity index (χ1) is 7.84. The Morgan fingerprint density at radius 1 is 1.25 bits per heavy atom. The normalized spacial score (nSPS) is 18.5. The van der Waals surface area contributed by atoms with Gasteiger partial charge in [0.05, 0.1) is 6.42 Å². The number of rotatable bonds is 1. The average Bonchev–Trinajstić information content (AvgIpc) is 2.70. The Hall–Kier alpha value is -1.77. The minimum absolute atomic E-state index is 0.0962. The molecule has 0 atom stereocenters. The van der Waals surface area contributed by atoms with Crippen LogP contribution in [0.5, 0.6) is 0 Å². The van der Waals surface area contributed by atoms with Gasteiger partial charge in [0.15, 0.2) is 0 Å². The van der Waals surface area contributed by atoms with Gasteiger partial charge < -0.3 is 10.6 Å². The third-order valence-corrected chi connectivity index (χ3v) is 3.12. The van der Waals surface area contributed by atoms with Crippen LogP contribution in [0.2, 0.25) is 0 Å². The number of anilines is 1. The maximum absolute atomic E-state index is 11.4. The van der Waals surface area contributed by atoms with Crippen molar-refractivity contribution in [2.75, 3.05) is 11.9 Å². The molecule has 1 aromatic carbocycles. The van der Waals surface area contributed by atoms with Crippen molar-refractivity contribution >= 4 is 17.3 Å². The molecule has 0 unspecified atom stereocenters. The Kier molecular flexibility index (Phi) is 2.17. The van der Waals surface area contributed by atoms with E-state index in [-0.39, 0.29) is 5.91 Å². The topological polar surface area (TPSA) is 41.1 Å². The van der Waals surface area contributed by atoms with E-state index in [9.17, 15) is 4.79 Å². The minimum Gasteiger partial charge on any atom is -0.385 e. The number of carbonyl (C=O) groups is 1. The van der Waals surface area contributed by atoms with Crippen molar-refractivity contribution in [2.24, 2.45) is 0 Å². The molecule has 2 heterocycles. The predicted molar refractivity (Wildman–Crippen MR) is 64.0 cm³/mol. The van der Waals surface area contributed by atoms with E-state index in [1.807, 2.05) is 12.1 Å². The third-order valence-electron chi connectivity index (χ3n) is 3.12. The monoisotopic (exact) mass is 214 g/mol. The van der Waals surface area contributed by atoms with Crippen LogP contribution in [0.1, 0.15) is 24.0 Å². The number of carbonyl (C=O) groups excluding carboxylic acids is 1. The summed E-state index contributed by atoms with van der Waals surface area (Å²) >= 11 is 0.